The van der Waals surface area contributed by atoms with Crippen LogP contribution in [0.5, 0.6) is 5.75 Å². The third-order valence-electron chi connectivity index (χ3n) is 7.25. The van der Waals surface area contributed by atoms with Gasteiger partial charge in [-0.2, -0.15) is 0 Å². The van der Waals surface area contributed by atoms with Crippen LogP contribution in [0.1, 0.15) is 38.2 Å². The van der Waals surface area contributed by atoms with Crippen molar-refractivity contribution in [2.45, 2.75) is 39.5 Å². The van der Waals surface area contributed by atoms with E-state index in [4.69, 9.17) is 4.74 Å². The molecule has 2 saturated heterocycles. The Balaban J connectivity index is 1.29. The molecule has 0 aromatic heterocycles. The number of benzene rings is 2. The van der Waals surface area contributed by atoms with Crippen molar-refractivity contribution >= 4 is 35.1 Å². The Morgan fingerprint density at radius 3 is 2.47 bits per heavy atom. The number of rotatable bonds is 4. The van der Waals surface area contributed by atoms with Gasteiger partial charge in [-0.25, -0.2) is 4.90 Å². The Labute approximate surface area is 198 Å². The van der Waals surface area contributed by atoms with E-state index in [0.29, 0.717) is 11.6 Å². The van der Waals surface area contributed by atoms with Crippen LogP contribution in [0.25, 0.3) is 0 Å². The van der Waals surface area contributed by atoms with E-state index in [1.165, 1.54) is 4.90 Å². The van der Waals surface area contributed by atoms with Crippen LogP contribution < -0.4 is 14.5 Å². The van der Waals surface area contributed by atoms with Crippen LogP contribution in [0, 0.1) is 30.6 Å². The Morgan fingerprint density at radius 2 is 1.68 bits per heavy atom. The Kier molecular flexibility index (Phi) is 5.71. The number of aryl methyl sites for hydroxylation is 1. The molecule has 0 N–H and O–H groups in total. The molecule has 3 amide bonds. The van der Waals surface area contributed by atoms with Gasteiger partial charge in [-0.3, -0.25) is 19.2 Å². The number of ether oxygens (including phenoxy) is 1. The van der Waals surface area contributed by atoms with Gasteiger partial charge < -0.3 is 9.64 Å². The summed E-state index contributed by atoms with van der Waals surface area (Å²) in [6.45, 7) is 4.32. The first-order valence-corrected chi connectivity index (χ1v) is 11.9. The van der Waals surface area contributed by atoms with Gasteiger partial charge in [0.25, 0.3) is 0 Å². The number of nitrogens with zero attached hydrogens (tertiary/aromatic N) is 2. The van der Waals surface area contributed by atoms with Crippen LogP contribution in [0.2, 0.25) is 0 Å². The van der Waals surface area contributed by atoms with E-state index in [9.17, 15) is 19.2 Å². The van der Waals surface area contributed by atoms with Crippen LogP contribution in [0.15, 0.2) is 48.5 Å². The van der Waals surface area contributed by atoms with Crippen molar-refractivity contribution in [2.24, 2.45) is 23.7 Å². The Bertz CT molecular complexity index is 1180. The first-order valence-electron chi connectivity index (χ1n) is 11.9. The predicted molar refractivity (Wildman–Crippen MR) is 126 cm³/mol. The SMILES string of the molecule is Cc1cccc(N2CC(C(=O)Oc3cccc(N4C(=O)C5CCC(C)CC5C4=O)c3)CC2=O)c1. The average Bonchev–Trinajstić information content (AvgIpc) is 3.31. The Hall–Kier alpha value is -3.48. The fraction of sp³-hybridized carbons (Fsp3) is 0.407. The molecule has 0 radical (unpaired) electrons. The second-order valence-electron chi connectivity index (χ2n) is 9.81. The zero-order chi connectivity index (χ0) is 24.0. The summed E-state index contributed by atoms with van der Waals surface area (Å²) in [5.74, 6) is -1.37. The van der Waals surface area contributed by atoms with Crippen molar-refractivity contribution in [3.05, 3.63) is 54.1 Å². The van der Waals surface area contributed by atoms with Crippen molar-refractivity contribution in [3.8, 4) is 5.75 Å². The van der Waals surface area contributed by atoms with Crippen LogP contribution in [0.4, 0.5) is 11.4 Å². The highest BCUT2D eigenvalue weighted by molar-refractivity contribution is 6.22. The minimum Gasteiger partial charge on any atom is -0.426 e. The van der Waals surface area contributed by atoms with Gasteiger partial charge in [0.1, 0.15) is 5.75 Å². The quantitative estimate of drug-likeness (QED) is 0.393. The second kappa shape index (κ2) is 8.70. The average molecular weight is 461 g/mol. The standard InChI is InChI=1S/C27H28N2O5/c1-16-5-3-6-19(11-16)28-15-18(13-24(28)30)27(33)34-21-8-4-7-20(14-21)29-25(31)22-10-9-17(2)12-23(22)26(29)32/h3-8,11,14,17-18,22-23H,9-10,12-13,15H2,1-2H3. The molecule has 7 nitrogen and oxygen atoms in total. The zero-order valence-corrected chi connectivity index (χ0v) is 19.4. The summed E-state index contributed by atoms with van der Waals surface area (Å²) in [6, 6.07) is 14.1. The van der Waals surface area contributed by atoms with Crippen LogP contribution in [0.3, 0.4) is 0 Å². The minimum atomic E-state index is -0.587. The van der Waals surface area contributed by atoms with Gasteiger partial charge in [0.15, 0.2) is 0 Å². The summed E-state index contributed by atoms with van der Waals surface area (Å²) >= 11 is 0. The molecule has 2 aliphatic heterocycles. The van der Waals surface area contributed by atoms with E-state index in [2.05, 4.69) is 6.92 Å². The molecule has 0 spiro atoms. The monoisotopic (exact) mass is 460 g/mol. The molecular formula is C27H28N2O5. The number of anilines is 2. The summed E-state index contributed by atoms with van der Waals surface area (Å²) in [5, 5.41) is 0. The lowest BCUT2D eigenvalue weighted by atomic mass is 9.76. The van der Waals surface area contributed by atoms with E-state index >= 15 is 0 Å². The highest BCUT2D eigenvalue weighted by Crippen LogP contribution is 2.42. The Morgan fingerprint density at radius 1 is 0.941 bits per heavy atom. The maximum Gasteiger partial charge on any atom is 0.316 e. The molecule has 4 atom stereocenters. The fourth-order valence-electron chi connectivity index (χ4n) is 5.44. The summed E-state index contributed by atoms with van der Waals surface area (Å²) in [7, 11) is 0. The maximum absolute atomic E-state index is 13.0. The molecule has 0 bridgehead atoms. The number of fused-ring (bicyclic) bond motifs is 1. The number of esters is 1. The molecule has 176 valence electrons. The molecule has 34 heavy (non-hydrogen) atoms. The van der Waals surface area contributed by atoms with Crippen molar-refractivity contribution in [3.63, 3.8) is 0 Å². The van der Waals surface area contributed by atoms with Gasteiger partial charge in [0.05, 0.1) is 23.4 Å². The number of hydrogen-bond acceptors (Lipinski definition) is 5. The molecular weight excluding hydrogens is 432 g/mol. The topological polar surface area (TPSA) is 84.0 Å². The number of carbonyl (C=O) groups is 4. The highest BCUT2D eigenvalue weighted by Gasteiger charge is 2.50. The third kappa shape index (κ3) is 4.00. The second-order valence-corrected chi connectivity index (χ2v) is 9.81. The number of imide groups is 1. The molecule has 3 fully saturated rings. The summed E-state index contributed by atoms with van der Waals surface area (Å²) in [4.78, 5) is 54.3. The van der Waals surface area contributed by atoms with Crippen molar-refractivity contribution < 1.29 is 23.9 Å². The van der Waals surface area contributed by atoms with Gasteiger partial charge in [0, 0.05) is 24.7 Å². The van der Waals surface area contributed by atoms with Crippen molar-refractivity contribution in [1.82, 2.24) is 0 Å². The predicted octanol–water partition coefficient (Wildman–Crippen LogP) is 3.88. The van der Waals surface area contributed by atoms with Crippen LogP contribution in [-0.4, -0.2) is 30.2 Å². The van der Waals surface area contributed by atoms with Crippen LogP contribution in [-0.2, 0) is 19.2 Å². The lowest BCUT2D eigenvalue weighted by molar-refractivity contribution is -0.139. The minimum absolute atomic E-state index is 0.0805. The van der Waals surface area contributed by atoms with E-state index < -0.39 is 11.9 Å². The molecule has 4 unspecified atom stereocenters. The largest absolute Gasteiger partial charge is 0.426 e. The molecule has 3 aliphatic rings. The third-order valence-corrected chi connectivity index (χ3v) is 7.25. The van der Waals surface area contributed by atoms with Gasteiger partial charge >= 0.3 is 5.97 Å². The van der Waals surface area contributed by atoms with Gasteiger partial charge in [-0.15, -0.1) is 0 Å². The van der Waals surface area contributed by atoms with Crippen molar-refractivity contribution in [2.75, 3.05) is 16.3 Å². The van der Waals surface area contributed by atoms with E-state index in [1.54, 1.807) is 29.2 Å². The molecule has 7 heteroatoms. The first-order chi connectivity index (χ1) is 16.3. The van der Waals surface area contributed by atoms with Gasteiger partial charge in [-0.05, 0) is 61.9 Å². The lowest BCUT2D eigenvalue weighted by Crippen LogP contribution is -2.31. The van der Waals surface area contributed by atoms with Gasteiger partial charge in [0.2, 0.25) is 17.7 Å². The van der Waals surface area contributed by atoms with E-state index in [-0.39, 0.29) is 48.3 Å². The van der Waals surface area contributed by atoms with Crippen molar-refractivity contribution in [1.29, 1.82) is 0 Å². The number of hydrogen-bond donors (Lipinski definition) is 0. The number of carbonyl (C=O) groups excluding carboxylic acids is 4. The smallest absolute Gasteiger partial charge is 0.316 e. The zero-order valence-electron chi connectivity index (χ0n) is 19.4. The molecule has 1 aliphatic carbocycles. The molecule has 2 aromatic rings. The number of amides is 3. The summed E-state index contributed by atoms with van der Waals surface area (Å²) in [5.41, 5.74) is 2.23. The normalized spacial score (nSPS) is 26.7. The van der Waals surface area contributed by atoms with Gasteiger partial charge in [-0.1, -0.05) is 25.1 Å². The van der Waals surface area contributed by atoms with Crippen LogP contribution >= 0.6 is 0 Å². The van der Waals surface area contributed by atoms with E-state index in [1.807, 2.05) is 31.2 Å². The molecule has 2 heterocycles. The molecule has 1 saturated carbocycles. The first kappa shape index (κ1) is 22.3. The fourth-order valence-corrected chi connectivity index (χ4v) is 5.44. The van der Waals surface area contributed by atoms with E-state index in [0.717, 1.165) is 30.5 Å². The molecule has 2 aromatic carbocycles. The maximum atomic E-state index is 13.0. The summed E-state index contributed by atoms with van der Waals surface area (Å²) < 4.78 is 5.59. The lowest BCUT2D eigenvalue weighted by Gasteiger charge is -2.25. The highest BCUT2D eigenvalue weighted by atomic mass is 16.5. The molecule has 5 rings (SSSR count). The summed E-state index contributed by atoms with van der Waals surface area (Å²) in [6.07, 6.45) is 2.49.